The van der Waals surface area contributed by atoms with E-state index in [-0.39, 0.29) is 10.8 Å². The Labute approximate surface area is 324 Å². The molecule has 1 aliphatic heterocycles. The van der Waals surface area contributed by atoms with Crippen molar-refractivity contribution in [2.24, 2.45) is 0 Å². The molecular weight excluding hydrogens is 797 g/mol. The summed E-state index contributed by atoms with van der Waals surface area (Å²) in [6, 6.07) is 2.51. The summed E-state index contributed by atoms with van der Waals surface area (Å²) in [6.45, 7) is 14.2. The number of thioether (sulfide) groups is 1. The first-order valence-corrected chi connectivity index (χ1v) is 19.4. The Morgan fingerprint density at radius 2 is 1.58 bits per heavy atom. The van der Waals surface area contributed by atoms with E-state index in [4.69, 9.17) is 39.6 Å². The molecule has 1 aliphatic rings. The number of anilines is 1. The Balaban J connectivity index is 2.01. The summed E-state index contributed by atoms with van der Waals surface area (Å²) in [5, 5.41) is 8.53. The minimum atomic E-state index is -4.74. The molecule has 1 saturated heterocycles. The van der Waals surface area contributed by atoms with Gasteiger partial charge in [0.25, 0.3) is 0 Å². The SMILES string of the molecule is CC(NP(=O)(OC[C@H]1S[C@@H](n2ccc(N(C(=O)OC(C)(C)C)C(=O)OC(C)(C)C)nc2=O)[C@@H](F)[C@@H]1OC(=O)OC(C)(C)C)Oc1ccc(Cl)c(F)c1)C(=O)O. The summed E-state index contributed by atoms with van der Waals surface area (Å²) in [4.78, 5) is 68.3. The van der Waals surface area contributed by atoms with Crippen molar-refractivity contribution in [2.75, 3.05) is 11.5 Å². The van der Waals surface area contributed by atoms with Crippen LogP contribution in [0.2, 0.25) is 5.02 Å². The zero-order valence-corrected chi connectivity index (χ0v) is 34.1. The topological polar surface area (TPSA) is 211 Å². The Morgan fingerprint density at radius 3 is 2.07 bits per heavy atom. The molecule has 0 bridgehead atoms. The summed E-state index contributed by atoms with van der Waals surface area (Å²) in [7, 11) is -4.74. The smallest absolute Gasteiger partial charge is 0.480 e. The lowest BCUT2D eigenvalue weighted by Crippen LogP contribution is -2.45. The van der Waals surface area contributed by atoms with Gasteiger partial charge in [0, 0.05) is 12.3 Å². The molecule has 1 aromatic carbocycles. The average molecular weight is 841 g/mol. The van der Waals surface area contributed by atoms with Gasteiger partial charge in [-0.2, -0.15) is 15.0 Å². The third kappa shape index (κ3) is 13.3. The summed E-state index contributed by atoms with van der Waals surface area (Å²) in [5.41, 5.74) is -4.38. The van der Waals surface area contributed by atoms with Crippen LogP contribution >= 0.6 is 31.1 Å². The molecule has 2 N–H and O–H groups in total. The van der Waals surface area contributed by atoms with Crippen LogP contribution < -0.4 is 20.2 Å². The second-order valence-corrected chi connectivity index (χ2v) is 18.4. The first-order valence-electron chi connectivity index (χ1n) is 16.5. The number of carbonyl (C=O) groups excluding carboxylic acids is 3. The molecule has 0 radical (unpaired) electrons. The summed E-state index contributed by atoms with van der Waals surface area (Å²) >= 11 is 6.39. The second-order valence-electron chi connectivity index (χ2n) is 15.0. The minimum absolute atomic E-state index is 0.292. The highest BCUT2D eigenvalue weighted by Crippen LogP contribution is 2.50. The molecule has 3 rings (SSSR count). The van der Waals surface area contributed by atoms with Gasteiger partial charge in [0.15, 0.2) is 18.1 Å². The van der Waals surface area contributed by atoms with E-state index in [2.05, 4.69) is 10.1 Å². The maximum Gasteiger partial charge on any atom is 0.509 e. The highest BCUT2D eigenvalue weighted by atomic mass is 35.5. The molecule has 0 saturated carbocycles. The minimum Gasteiger partial charge on any atom is -0.480 e. The van der Waals surface area contributed by atoms with Gasteiger partial charge in [-0.25, -0.2) is 32.5 Å². The van der Waals surface area contributed by atoms with E-state index < -0.39 is 102 Å². The van der Waals surface area contributed by atoms with Crippen LogP contribution in [0, 0.1) is 5.82 Å². The molecular formula is C33H44ClF2N4O13PS. The van der Waals surface area contributed by atoms with Crippen LogP contribution in [0.3, 0.4) is 0 Å². The monoisotopic (exact) mass is 840 g/mol. The van der Waals surface area contributed by atoms with Crippen LogP contribution in [0.15, 0.2) is 35.3 Å². The fraction of sp³-hybridized carbons (Fsp3) is 0.576. The molecule has 0 aliphatic carbocycles. The van der Waals surface area contributed by atoms with Crippen molar-refractivity contribution in [3.8, 4) is 5.75 Å². The molecule has 0 spiro atoms. The fourth-order valence-corrected chi connectivity index (χ4v) is 7.60. The number of ether oxygens (including phenoxy) is 4. The quantitative estimate of drug-likeness (QED) is 0.130. The zero-order chi connectivity index (χ0) is 41.8. The number of nitrogens with zero attached hydrogens (tertiary/aromatic N) is 3. The van der Waals surface area contributed by atoms with Crippen molar-refractivity contribution < 1.29 is 65.6 Å². The number of nitrogens with one attached hydrogen (secondary N) is 1. The Morgan fingerprint density at radius 1 is 1.02 bits per heavy atom. The Bertz CT molecular complexity index is 1840. The molecule has 1 aromatic heterocycles. The number of amides is 2. The van der Waals surface area contributed by atoms with Crippen molar-refractivity contribution in [1.82, 2.24) is 14.6 Å². The maximum atomic E-state index is 16.4. The normalized spacial score (nSPS) is 20.5. The van der Waals surface area contributed by atoms with Crippen molar-refractivity contribution >= 4 is 61.2 Å². The highest BCUT2D eigenvalue weighted by molar-refractivity contribution is 8.00. The van der Waals surface area contributed by atoms with Gasteiger partial charge < -0.3 is 28.6 Å². The van der Waals surface area contributed by atoms with Crippen molar-refractivity contribution in [1.29, 1.82) is 0 Å². The summed E-state index contributed by atoms with van der Waals surface area (Å²) in [5.74, 6) is -3.31. The van der Waals surface area contributed by atoms with Crippen molar-refractivity contribution in [2.45, 2.75) is 115 Å². The fourth-order valence-electron chi connectivity index (χ4n) is 4.40. The average Bonchev–Trinajstić information content (AvgIpc) is 3.29. The number of carbonyl (C=O) groups is 4. The lowest BCUT2D eigenvalue weighted by molar-refractivity contribution is -0.138. The predicted molar refractivity (Wildman–Crippen MR) is 196 cm³/mol. The van der Waals surface area contributed by atoms with Gasteiger partial charge in [-0.05, 0) is 87.4 Å². The number of rotatable bonds is 11. The lowest BCUT2D eigenvalue weighted by atomic mass is 10.1. The van der Waals surface area contributed by atoms with Gasteiger partial charge >= 0.3 is 37.7 Å². The highest BCUT2D eigenvalue weighted by Gasteiger charge is 2.50. The second kappa shape index (κ2) is 17.4. The maximum absolute atomic E-state index is 16.4. The summed E-state index contributed by atoms with van der Waals surface area (Å²) in [6.07, 6.45) is -6.66. The molecule has 2 aromatic rings. The summed E-state index contributed by atoms with van der Waals surface area (Å²) < 4.78 is 77.3. The van der Waals surface area contributed by atoms with E-state index in [0.29, 0.717) is 16.7 Å². The predicted octanol–water partition coefficient (Wildman–Crippen LogP) is 7.25. The van der Waals surface area contributed by atoms with E-state index in [1.807, 2.05) is 0 Å². The molecule has 306 valence electrons. The number of halogens is 3. The Hall–Kier alpha value is -3.97. The zero-order valence-electron chi connectivity index (χ0n) is 31.7. The first-order chi connectivity index (χ1) is 25.1. The van der Waals surface area contributed by atoms with Gasteiger partial charge in [-0.1, -0.05) is 11.6 Å². The number of aliphatic carboxylic acids is 1. The van der Waals surface area contributed by atoms with Crippen LogP contribution in [0.1, 0.15) is 74.6 Å². The lowest BCUT2D eigenvalue weighted by Gasteiger charge is -2.28. The molecule has 6 atom stereocenters. The van der Waals surface area contributed by atoms with Crippen LogP contribution in [-0.2, 0) is 32.8 Å². The van der Waals surface area contributed by atoms with E-state index in [9.17, 15) is 38.0 Å². The number of hydrogen-bond donors (Lipinski definition) is 2. The third-order valence-electron chi connectivity index (χ3n) is 6.61. The number of benzene rings is 1. The first kappa shape index (κ1) is 45.4. The van der Waals surface area contributed by atoms with Gasteiger partial charge in [0.1, 0.15) is 39.8 Å². The third-order valence-corrected chi connectivity index (χ3v) is 10.1. The molecule has 22 heteroatoms. The van der Waals surface area contributed by atoms with Gasteiger partial charge in [-0.15, -0.1) is 11.8 Å². The number of imide groups is 1. The van der Waals surface area contributed by atoms with Gasteiger partial charge in [0.2, 0.25) is 0 Å². The molecule has 1 fully saturated rings. The molecule has 2 amide bonds. The number of hydrogen-bond acceptors (Lipinski definition) is 14. The Kier molecular flexibility index (Phi) is 14.4. The van der Waals surface area contributed by atoms with Crippen molar-refractivity contribution in [3.63, 3.8) is 0 Å². The number of carboxylic acid groups (broad SMARTS) is 1. The number of aromatic nitrogens is 2. The van der Waals surface area contributed by atoms with E-state index >= 15 is 4.39 Å². The van der Waals surface area contributed by atoms with Crippen LogP contribution in [0.25, 0.3) is 0 Å². The van der Waals surface area contributed by atoms with E-state index in [1.165, 1.54) is 20.8 Å². The van der Waals surface area contributed by atoms with E-state index in [0.717, 1.165) is 42.0 Å². The number of carboxylic acids is 1. The number of alkyl halides is 1. The van der Waals surface area contributed by atoms with Gasteiger partial charge in [0.05, 0.1) is 16.9 Å². The van der Waals surface area contributed by atoms with Crippen molar-refractivity contribution in [3.05, 3.63) is 51.8 Å². The van der Waals surface area contributed by atoms with Crippen LogP contribution in [-0.4, -0.2) is 85.9 Å². The molecule has 55 heavy (non-hydrogen) atoms. The standard InChI is InChI=1S/C33H44ClF2N4O13PS/c1-17(26(41)42)38-54(47,53-18-11-12-19(34)20(35)15-18)48-16-21-24(49-30(46)52-33(8,9)10)23(36)25(55-21)39-14-13-22(37-27(39)43)40(28(44)50-31(2,3)4)29(45)51-32(5,6)7/h11-15,17,21,23-25H,16H2,1-10H3,(H,38,47)(H,41,42)/t17?,21-,23+,24-,25-,54?/m1/s1. The molecule has 2 unspecified atom stereocenters. The van der Waals surface area contributed by atoms with Crippen LogP contribution in [0.5, 0.6) is 5.75 Å². The largest absolute Gasteiger partial charge is 0.509 e. The molecule has 2 heterocycles. The van der Waals surface area contributed by atoms with Crippen LogP contribution in [0.4, 0.5) is 29.0 Å². The molecule has 17 nitrogen and oxygen atoms in total. The van der Waals surface area contributed by atoms with Gasteiger partial charge in [-0.3, -0.25) is 13.9 Å². The van der Waals surface area contributed by atoms with E-state index in [1.54, 1.807) is 41.5 Å².